The third-order valence-electron chi connectivity index (χ3n) is 7.41. The van der Waals surface area contributed by atoms with Crippen LogP contribution < -0.4 is 20.1 Å². The summed E-state index contributed by atoms with van der Waals surface area (Å²) in [5.74, 6) is 0.706. The number of nitriles is 1. The first-order chi connectivity index (χ1) is 20.1. The van der Waals surface area contributed by atoms with Crippen LogP contribution >= 0.6 is 23.1 Å². The van der Waals surface area contributed by atoms with Gasteiger partial charge in [0.15, 0.2) is 27.4 Å². The second kappa shape index (κ2) is 11.6. The van der Waals surface area contributed by atoms with Crippen LogP contribution in [0.25, 0.3) is 0 Å². The Bertz CT molecular complexity index is 1670. The Balaban J connectivity index is 1.53. The van der Waals surface area contributed by atoms with Gasteiger partial charge in [-0.05, 0) is 36.5 Å². The Labute approximate surface area is 253 Å². The number of ketones is 2. The predicted octanol–water partition coefficient (Wildman–Crippen LogP) is 5.78. The molecule has 0 saturated heterocycles. The standard InChI is InChI=1S/C31H31N5O4S2/c1-17-6-8-18(9-7-17)23(38)16-41-30-35-34-29(42-30)36-21-13-31(2,3)14-22(37)27(21)26(20(15-32)28(36)33)19-10-11-24(39-4)25(12-19)40-5/h6-12,26H,13-14,16,33H2,1-5H3. The van der Waals surface area contributed by atoms with E-state index < -0.39 is 5.92 Å². The Morgan fingerprint density at radius 3 is 2.52 bits per heavy atom. The number of ether oxygens (including phenoxy) is 2. The van der Waals surface area contributed by atoms with Gasteiger partial charge in [0.2, 0.25) is 5.13 Å². The summed E-state index contributed by atoms with van der Waals surface area (Å²) in [5, 5.41) is 19.5. The minimum atomic E-state index is -0.668. The molecule has 1 unspecified atom stereocenters. The summed E-state index contributed by atoms with van der Waals surface area (Å²) < 4.78 is 11.5. The summed E-state index contributed by atoms with van der Waals surface area (Å²) in [5.41, 5.74) is 10.3. The van der Waals surface area contributed by atoms with Gasteiger partial charge in [0.1, 0.15) is 5.82 Å². The number of aromatic nitrogens is 2. The van der Waals surface area contributed by atoms with Crippen LogP contribution in [-0.2, 0) is 4.79 Å². The Kier molecular flexibility index (Phi) is 8.12. The maximum absolute atomic E-state index is 13.8. The van der Waals surface area contributed by atoms with Gasteiger partial charge in [-0.3, -0.25) is 14.5 Å². The SMILES string of the molecule is COc1ccc(C2C(C#N)=C(N)N(c3nnc(SCC(=O)c4ccc(C)cc4)s3)C3=C2C(=O)CC(C)(C)C3)cc1OC. The average molecular weight is 602 g/mol. The van der Waals surface area contributed by atoms with Gasteiger partial charge in [0.05, 0.1) is 37.5 Å². The zero-order chi connectivity index (χ0) is 30.2. The number of carbonyl (C=O) groups is 2. The van der Waals surface area contributed by atoms with Crippen LogP contribution in [0, 0.1) is 23.7 Å². The molecular formula is C31H31N5O4S2. The third-order valence-corrected chi connectivity index (χ3v) is 9.45. The van der Waals surface area contributed by atoms with Crippen LogP contribution in [-0.4, -0.2) is 41.7 Å². The van der Waals surface area contributed by atoms with Gasteiger partial charge < -0.3 is 15.2 Å². The Morgan fingerprint density at radius 1 is 1.14 bits per heavy atom. The van der Waals surface area contributed by atoms with E-state index in [1.807, 2.05) is 51.1 Å². The molecule has 42 heavy (non-hydrogen) atoms. The van der Waals surface area contributed by atoms with Crippen molar-refractivity contribution in [2.45, 2.75) is 43.9 Å². The van der Waals surface area contributed by atoms with E-state index in [0.717, 1.165) is 5.56 Å². The molecule has 0 spiro atoms. The average Bonchev–Trinajstić information content (AvgIpc) is 3.43. The molecule has 0 amide bonds. The number of allylic oxidation sites excluding steroid dienone is 3. The molecule has 1 aliphatic carbocycles. The number of benzene rings is 2. The molecule has 0 radical (unpaired) electrons. The number of thioether (sulfide) groups is 1. The van der Waals surface area contributed by atoms with Crippen LogP contribution in [0.4, 0.5) is 5.13 Å². The van der Waals surface area contributed by atoms with E-state index in [2.05, 4.69) is 16.3 Å². The van der Waals surface area contributed by atoms with Crippen molar-refractivity contribution in [3.05, 3.63) is 81.8 Å². The molecule has 2 N–H and O–H groups in total. The highest BCUT2D eigenvalue weighted by molar-refractivity contribution is 8.01. The number of methoxy groups -OCH3 is 2. The number of Topliss-reactive ketones (excluding diaryl/α,β-unsaturated/α-hetero) is 2. The van der Waals surface area contributed by atoms with Crippen LogP contribution in [0.1, 0.15) is 54.1 Å². The second-order valence-electron chi connectivity index (χ2n) is 11.0. The predicted molar refractivity (Wildman–Crippen MR) is 163 cm³/mol. The molecule has 9 nitrogen and oxygen atoms in total. The van der Waals surface area contributed by atoms with Gasteiger partial charge in [-0.25, -0.2) is 0 Å². The van der Waals surface area contributed by atoms with E-state index in [4.69, 9.17) is 15.2 Å². The first-order valence-corrected chi connectivity index (χ1v) is 15.1. The first-order valence-electron chi connectivity index (χ1n) is 13.3. The maximum Gasteiger partial charge on any atom is 0.219 e. The van der Waals surface area contributed by atoms with Gasteiger partial charge in [-0.2, -0.15) is 5.26 Å². The minimum Gasteiger partial charge on any atom is -0.493 e. The zero-order valence-electron chi connectivity index (χ0n) is 24.1. The van der Waals surface area contributed by atoms with Crippen LogP contribution in [0.15, 0.2) is 69.5 Å². The highest BCUT2D eigenvalue weighted by atomic mass is 32.2. The number of nitrogens with zero attached hydrogens (tertiary/aromatic N) is 4. The number of rotatable bonds is 8. The molecule has 1 aliphatic heterocycles. The van der Waals surface area contributed by atoms with Gasteiger partial charge in [-0.1, -0.05) is 72.8 Å². The van der Waals surface area contributed by atoms with Crippen LogP contribution in [0.3, 0.4) is 0 Å². The third kappa shape index (κ3) is 5.52. The molecular weight excluding hydrogens is 571 g/mol. The summed E-state index contributed by atoms with van der Waals surface area (Å²) in [6.45, 7) is 6.05. The lowest BCUT2D eigenvalue weighted by Crippen LogP contribution is -2.42. The number of hydrogen-bond donors (Lipinski definition) is 1. The van der Waals surface area contributed by atoms with E-state index in [9.17, 15) is 14.9 Å². The van der Waals surface area contributed by atoms with Gasteiger partial charge in [-0.15, -0.1) is 10.2 Å². The first kappa shape index (κ1) is 29.4. The molecule has 0 bridgehead atoms. The fraction of sp³-hybridized carbons (Fsp3) is 0.323. The van der Waals surface area contributed by atoms with E-state index in [1.54, 1.807) is 24.1 Å². The molecule has 0 fully saturated rings. The lowest BCUT2D eigenvalue weighted by molar-refractivity contribution is -0.118. The quantitative estimate of drug-likeness (QED) is 0.250. The van der Waals surface area contributed by atoms with E-state index in [0.29, 0.717) is 56.2 Å². The number of nitrogens with two attached hydrogens (primary N) is 1. The Hall–Kier alpha value is -4.14. The van der Waals surface area contributed by atoms with E-state index in [1.165, 1.54) is 30.2 Å². The summed E-state index contributed by atoms with van der Waals surface area (Å²) in [6.07, 6.45) is 0.881. The van der Waals surface area contributed by atoms with Crippen molar-refractivity contribution in [3.8, 4) is 17.6 Å². The van der Waals surface area contributed by atoms with Crippen LogP contribution in [0.5, 0.6) is 11.5 Å². The van der Waals surface area contributed by atoms with Crippen molar-refractivity contribution < 1.29 is 19.1 Å². The Morgan fingerprint density at radius 2 is 1.86 bits per heavy atom. The molecule has 216 valence electrons. The monoisotopic (exact) mass is 601 g/mol. The van der Waals surface area contributed by atoms with E-state index >= 15 is 0 Å². The molecule has 1 atom stereocenters. The molecule has 1 aromatic heterocycles. The highest BCUT2D eigenvalue weighted by Crippen LogP contribution is 2.51. The number of hydrogen-bond acceptors (Lipinski definition) is 11. The second-order valence-corrected chi connectivity index (χ2v) is 13.2. The lowest BCUT2D eigenvalue weighted by atomic mass is 9.68. The molecule has 0 saturated carbocycles. The van der Waals surface area contributed by atoms with Crippen molar-refractivity contribution in [1.29, 1.82) is 5.26 Å². The fourth-order valence-corrected chi connectivity index (χ4v) is 7.17. The molecule has 2 heterocycles. The van der Waals surface area contributed by atoms with Crippen molar-refractivity contribution >= 4 is 39.8 Å². The maximum atomic E-state index is 13.8. The molecule has 2 aromatic carbocycles. The smallest absolute Gasteiger partial charge is 0.219 e. The normalized spacial score (nSPS) is 18.0. The molecule has 11 heteroatoms. The van der Waals surface area contributed by atoms with Crippen molar-refractivity contribution in [2.75, 3.05) is 24.9 Å². The van der Waals surface area contributed by atoms with Gasteiger partial charge in [0.25, 0.3) is 0 Å². The summed E-state index contributed by atoms with van der Waals surface area (Å²) in [6, 6.07) is 15.1. The number of aryl methyl sites for hydroxylation is 1. The molecule has 3 aromatic rings. The summed E-state index contributed by atoms with van der Waals surface area (Å²) in [7, 11) is 3.09. The zero-order valence-corrected chi connectivity index (χ0v) is 25.7. The van der Waals surface area contributed by atoms with Crippen molar-refractivity contribution in [1.82, 2.24) is 10.2 Å². The number of carbonyl (C=O) groups excluding carboxylic acids is 2. The van der Waals surface area contributed by atoms with E-state index in [-0.39, 0.29) is 34.1 Å². The molecule has 2 aliphatic rings. The minimum absolute atomic E-state index is 0.0109. The van der Waals surface area contributed by atoms with Gasteiger partial charge >= 0.3 is 0 Å². The highest BCUT2D eigenvalue weighted by Gasteiger charge is 2.45. The van der Waals surface area contributed by atoms with Gasteiger partial charge in [0, 0.05) is 23.3 Å². The topological polar surface area (TPSA) is 131 Å². The fourth-order valence-electron chi connectivity index (χ4n) is 5.39. The summed E-state index contributed by atoms with van der Waals surface area (Å²) in [4.78, 5) is 28.2. The molecule has 5 rings (SSSR count). The van der Waals surface area contributed by atoms with Crippen molar-refractivity contribution in [2.24, 2.45) is 11.1 Å². The van der Waals surface area contributed by atoms with Crippen molar-refractivity contribution in [3.63, 3.8) is 0 Å². The van der Waals surface area contributed by atoms with Crippen LogP contribution in [0.2, 0.25) is 0 Å². The largest absolute Gasteiger partial charge is 0.493 e. The lowest BCUT2D eigenvalue weighted by Gasteiger charge is -2.42. The summed E-state index contributed by atoms with van der Waals surface area (Å²) >= 11 is 2.56. The number of anilines is 1.